The summed E-state index contributed by atoms with van der Waals surface area (Å²) in [5, 5.41) is 10.2. The second kappa shape index (κ2) is 10.6. The predicted octanol–water partition coefficient (Wildman–Crippen LogP) is 13.4. The molecule has 0 unspecified atom stereocenters. The number of fused-ring (bicyclic) bond motifs is 8. The van der Waals surface area contributed by atoms with Crippen molar-refractivity contribution in [2.75, 3.05) is 0 Å². The lowest BCUT2D eigenvalue weighted by Crippen LogP contribution is -2.10. The number of aryl methyl sites for hydroxylation is 2. The number of nitrogens with zero attached hydrogens (tertiary/aromatic N) is 2. The monoisotopic (exact) mass is 648 g/mol. The van der Waals surface area contributed by atoms with Gasteiger partial charge in [0, 0.05) is 32.9 Å². The molecule has 0 fully saturated rings. The largest absolute Gasteiger partial charge is 0.309 e. The van der Waals surface area contributed by atoms with Crippen molar-refractivity contribution in [2.45, 2.75) is 66.2 Å². The lowest BCUT2D eigenvalue weighted by atomic mass is 9.86. The van der Waals surface area contributed by atoms with Crippen LogP contribution in [0.4, 0.5) is 0 Å². The average Bonchev–Trinajstić information content (AvgIpc) is 3.57. The zero-order valence-electron chi connectivity index (χ0n) is 30.4. The third-order valence-electron chi connectivity index (χ3n) is 10.9. The van der Waals surface area contributed by atoms with Crippen molar-refractivity contribution < 1.29 is 0 Å². The van der Waals surface area contributed by atoms with E-state index < -0.39 is 0 Å². The summed E-state index contributed by atoms with van der Waals surface area (Å²) in [6, 6.07) is 46.5. The maximum Gasteiger partial charge on any atom is 0.0548 e. The second-order valence-electron chi connectivity index (χ2n) is 16.6. The van der Waals surface area contributed by atoms with Gasteiger partial charge in [-0.1, -0.05) is 113 Å². The molecule has 0 spiro atoms. The van der Waals surface area contributed by atoms with E-state index in [2.05, 4.69) is 186 Å². The van der Waals surface area contributed by atoms with E-state index in [1.165, 1.54) is 98.8 Å². The zero-order valence-corrected chi connectivity index (χ0v) is 30.4. The Morgan fingerprint density at radius 2 is 0.700 bits per heavy atom. The van der Waals surface area contributed by atoms with Gasteiger partial charge in [0.15, 0.2) is 0 Å². The van der Waals surface area contributed by atoms with Crippen LogP contribution in [-0.4, -0.2) is 9.13 Å². The minimum Gasteiger partial charge on any atom is -0.309 e. The van der Waals surface area contributed by atoms with Crippen LogP contribution < -0.4 is 0 Å². The number of hydrogen-bond donors (Lipinski definition) is 0. The Kier molecular flexibility index (Phi) is 6.50. The molecule has 0 radical (unpaired) electrons. The molecule has 9 rings (SSSR count). The lowest BCUT2D eigenvalue weighted by molar-refractivity contribution is 0.591. The third-order valence-corrected chi connectivity index (χ3v) is 10.9. The minimum atomic E-state index is 0.0369. The maximum absolute atomic E-state index is 2.49. The standard InChI is InChI=1S/C48H44N2/c1-29-9-11-33-23-37(17-13-31(33)21-29)49-43-19-15-35(47(3,4)5)25-39(43)41-28-46-42(27-45(41)49)40-26-36(48(6,7)8)16-20-44(40)50(46)38-18-14-32-22-30(2)10-12-34(32)24-38/h9-28H,1-8H3. The van der Waals surface area contributed by atoms with E-state index in [0.717, 1.165) is 0 Å². The summed E-state index contributed by atoms with van der Waals surface area (Å²) in [5.41, 5.74) is 12.7. The van der Waals surface area contributed by atoms with Gasteiger partial charge >= 0.3 is 0 Å². The fourth-order valence-corrected chi connectivity index (χ4v) is 8.00. The lowest BCUT2D eigenvalue weighted by Gasteiger charge is -2.19. The highest BCUT2D eigenvalue weighted by molar-refractivity contribution is 6.19. The molecule has 0 aliphatic carbocycles. The Morgan fingerprint density at radius 3 is 1.10 bits per heavy atom. The fourth-order valence-electron chi connectivity index (χ4n) is 8.00. The molecule has 50 heavy (non-hydrogen) atoms. The Balaban J connectivity index is 1.43. The molecule has 0 aliphatic rings. The normalized spacial score (nSPS) is 12.8. The van der Waals surface area contributed by atoms with Crippen molar-refractivity contribution in [1.82, 2.24) is 9.13 Å². The molecule has 2 heteroatoms. The SMILES string of the molecule is Cc1ccc2cc(-n3c4ccc(C(C)(C)C)cc4c4cc5c(cc43)c3cc(C(C)(C)C)ccc3n5-c3ccc4cc(C)ccc4c3)ccc2c1. The van der Waals surface area contributed by atoms with Crippen LogP contribution in [0.15, 0.2) is 121 Å². The summed E-state index contributed by atoms with van der Waals surface area (Å²) < 4.78 is 4.98. The molecule has 0 saturated carbocycles. The van der Waals surface area contributed by atoms with Crippen molar-refractivity contribution >= 4 is 65.2 Å². The molecule has 0 bridgehead atoms. The number of aromatic nitrogens is 2. The first-order valence-corrected chi connectivity index (χ1v) is 17.9. The molecular weight excluding hydrogens is 605 g/mol. The Morgan fingerprint density at radius 1 is 0.340 bits per heavy atom. The van der Waals surface area contributed by atoms with Crippen molar-refractivity contribution in [3.05, 3.63) is 144 Å². The van der Waals surface area contributed by atoms with Crippen LogP contribution in [0, 0.1) is 13.8 Å². The van der Waals surface area contributed by atoms with E-state index in [0.29, 0.717) is 0 Å². The smallest absolute Gasteiger partial charge is 0.0548 e. The Bertz CT molecular complexity index is 2650. The molecule has 2 nitrogen and oxygen atoms in total. The number of benzene rings is 7. The van der Waals surface area contributed by atoms with Gasteiger partial charge in [-0.2, -0.15) is 0 Å². The average molecular weight is 649 g/mol. The molecule has 0 N–H and O–H groups in total. The molecule has 0 saturated heterocycles. The number of hydrogen-bond acceptors (Lipinski definition) is 0. The summed E-state index contributed by atoms with van der Waals surface area (Å²) in [4.78, 5) is 0. The van der Waals surface area contributed by atoms with Crippen molar-refractivity contribution in [3.8, 4) is 11.4 Å². The van der Waals surface area contributed by atoms with Crippen LogP contribution in [0.1, 0.15) is 63.8 Å². The second-order valence-corrected chi connectivity index (χ2v) is 16.6. The summed E-state index contributed by atoms with van der Waals surface area (Å²) in [6.45, 7) is 18.2. The van der Waals surface area contributed by atoms with Crippen LogP contribution in [0.5, 0.6) is 0 Å². The highest BCUT2D eigenvalue weighted by Crippen LogP contribution is 2.42. The van der Waals surface area contributed by atoms with Gasteiger partial charge < -0.3 is 9.13 Å². The first kappa shape index (κ1) is 30.7. The van der Waals surface area contributed by atoms with E-state index in [9.17, 15) is 0 Å². The van der Waals surface area contributed by atoms with Gasteiger partial charge in [0.2, 0.25) is 0 Å². The van der Waals surface area contributed by atoms with E-state index in [1.54, 1.807) is 0 Å². The number of rotatable bonds is 2. The maximum atomic E-state index is 2.49. The fraction of sp³-hybridized carbons (Fsp3) is 0.208. The molecule has 246 valence electrons. The minimum absolute atomic E-state index is 0.0369. The molecule has 9 aromatic rings. The van der Waals surface area contributed by atoms with Crippen LogP contribution in [0.25, 0.3) is 76.5 Å². The van der Waals surface area contributed by atoms with Crippen LogP contribution in [0.3, 0.4) is 0 Å². The van der Waals surface area contributed by atoms with E-state index in [4.69, 9.17) is 0 Å². The summed E-state index contributed by atoms with van der Waals surface area (Å²) in [6.07, 6.45) is 0. The molecule has 0 atom stereocenters. The van der Waals surface area contributed by atoms with Crippen molar-refractivity contribution in [2.24, 2.45) is 0 Å². The Labute approximate surface area is 294 Å². The molecule has 0 aliphatic heterocycles. The van der Waals surface area contributed by atoms with Crippen LogP contribution >= 0.6 is 0 Å². The zero-order chi connectivity index (χ0) is 34.7. The summed E-state index contributed by atoms with van der Waals surface area (Å²) >= 11 is 0. The highest BCUT2D eigenvalue weighted by Gasteiger charge is 2.23. The van der Waals surface area contributed by atoms with Gasteiger partial charge in [-0.15, -0.1) is 0 Å². The first-order chi connectivity index (χ1) is 23.8. The van der Waals surface area contributed by atoms with Gasteiger partial charge in [0.25, 0.3) is 0 Å². The molecular formula is C48H44N2. The van der Waals surface area contributed by atoms with Gasteiger partial charge in [0.05, 0.1) is 22.1 Å². The Hall–Kier alpha value is -5.34. The van der Waals surface area contributed by atoms with Gasteiger partial charge in [-0.3, -0.25) is 0 Å². The van der Waals surface area contributed by atoms with Crippen LogP contribution in [-0.2, 0) is 10.8 Å². The van der Waals surface area contributed by atoms with Gasteiger partial charge in [-0.25, -0.2) is 0 Å². The topological polar surface area (TPSA) is 9.86 Å². The molecule has 2 heterocycles. The van der Waals surface area contributed by atoms with Crippen LogP contribution in [0.2, 0.25) is 0 Å². The van der Waals surface area contributed by atoms with E-state index in [1.807, 2.05) is 0 Å². The van der Waals surface area contributed by atoms with Gasteiger partial charge in [0.1, 0.15) is 0 Å². The van der Waals surface area contributed by atoms with Crippen molar-refractivity contribution in [3.63, 3.8) is 0 Å². The summed E-state index contributed by atoms with van der Waals surface area (Å²) in [5.74, 6) is 0. The van der Waals surface area contributed by atoms with E-state index in [-0.39, 0.29) is 10.8 Å². The predicted molar refractivity (Wildman–Crippen MR) is 217 cm³/mol. The van der Waals surface area contributed by atoms with E-state index >= 15 is 0 Å². The molecule has 2 aromatic heterocycles. The quantitative estimate of drug-likeness (QED) is 0.177. The molecule has 0 amide bonds. The van der Waals surface area contributed by atoms with Gasteiger partial charge in [-0.05, 0) is 118 Å². The highest BCUT2D eigenvalue weighted by atomic mass is 15.0. The molecule has 7 aromatic carbocycles. The first-order valence-electron chi connectivity index (χ1n) is 17.9. The van der Waals surface area contributed by atoms with Crippen molar-refractivity contribution in [1.29, 1.82) is 0 Å². The third kappa shape index (κ3) is 4.76. The summed E-state index contributed by atoms with van der Waals surface area (Å²) in [7, 11) is 0.